The molecular weight excluding hydrogens is 357 g/mol. The van der Waals surface area contributed by atoms with Gasteiger partial charge >= 0.3 is 12.1 Å². The second kappa shape index (κ2) is 9.92. The third-order valence-electron chi connectivity index (χ3n) is 3.78. The molecular formula is C21H21F3O3. The first-order chi connectivity index (χ1) is 12.9. The number of rotatable bonds is 8. The second-order valence-corrected chi connectivity index (χ2v) is 5.78. The van der Waals surface area contributed by atoms with Crippen LogP contribution in [0.3, 0.4) is 0 Å². The molecule has 0 saturated heterocycles. The summed E-state index contributed by atoms with van der Waals surface area (Å²) in [4.78, 5) is 11.4. The van der Waals surface area contributed by atoms with Crippen LogP contribution in [0.4, 0.5) is 13.2 Å². The lowest BCUT2D eigenvalue weighted by molar-refractivity contribution is -0.138. The van der Waals surface area contributed by atoms with Gasteiger partial charge in [0.1, 0.15) is 0 Å². The molecule has 6 heteroatoms. The minimum absolute atomic E-state index is 0.102. The molecule has 0 amide bonds. The lowest BCUT2D eigenvalue weighted by Crippen LogP contribution is -2.06. The molecule has 0 unspecified atom stereocenters. The maximum atomic E-state index is 12.7. The first-order valence-electron chi connectivity index (χ1n) is 8.56. The van der Waals surface area contributed by atoms with Gasteiger partial charge in [-0.25, -0.2) is 4.79 Å². The molecule has 0 atom stereocenters. The van der Waals surface area contributed by atoms with Gasteiger partial charge in [-0.05, 0) is 48.2 Å². The molecule has 2 aromatic carbocycles. The van der Waals surface area contributed by atoms with Crippen LogP contribution in [-0.2, 0) is 33.5 Å². The highest BCUT2D eigenvalue weighted by molar-refractivity contribution is 5.87. The molecule has 27 heavy (non-hydrogen) atoms. The molecule has 0 spiro atoms. The molecule has 144 valence electrons. The van der Waals surface area contributed by atoms with Gasteiger partial charge in [-0.15, -0.1) is 0 Å². The number of esters is 1. The number of hydrogen-bond donors (Lipinski definition) is 0. The molecule has 0 aromatic heterocycles. The Labute approximate surface area is 156 Å². The van der Waals surface area contributed by atoms with Gasteiger partial charge in [0.25, 0.3) is 0 Å². The fourth-order valence-electron chi connectivity index (χ4n) is 2.48. The van der Waals surface area contributed by atoms with Gasteiger partial charge in [0.15, 0.2) is 0 Å². The number of carbonyl (C=O) groups excluding carboxylic acids is 1. The summed E-state index contributed by atoms with van der Waals surface area (Å²) in [5, 5.41) is 0. The molecule has 3 nitrogen and oxygen atoms in total. The zero-order valence-electron chi connectivity index (χ0n) is 15.0. The summed E-state index contributed by atoms with van der Waals surface area (Å²) >= 11 is 0. The number of ether oxygens (including phenoxy) is 2. The normalized spacial score (nSPS) is 11.7. The molecule has 0 N–H and O–H groups in total. The van der Waals surface area contributed by atoms with E-state index in [0.717, 1.165) is 23.3 Å². The van der Waals surface area contributed by atoms with Crippen LogP contribution < -0.4 is 0 Å². The van der Waals surface area contributed by atoms with Crippen LogP contribution in [0.2, 0.25) is 0 Å². The third-order valence-corrected chi connectivity index (χ3v) is 3.78. The van der Waals surface area contributed by atoms with E-state index < -0.39 is 17.7 Å². The van der Waals surface area contributed by atoms with Gasteiger partial charge in [0.05, 0.1) is 25.4 Å². The first kappa shape index (κ1) is 20.7. The minimum Gasteiger partial charge on any atom is -0.463 e. The fraction of sp³-hybridized carbons (Fsp3) is 0.286. The Kier molecular flexibility index (Phi) is 7.61. The number of hydrogen-bond acceptors (Lipinski definition) is 3. The van der Waals surface area contributed by atoms with Gasteiger partial charge in [-0.1, -0.05) is 36.4 Å². The molecule has 0 fully saturated rings. The van der Waals surface area contributed by atoms with Crippen molar-refractivity contribution in [3.05, 3.63) is 76.9 Å². The first-order valence-corrected chi connectivity index (χ1v) is 8.56. The van der Waals surface area contributed by atoms with E-state index in [-0.39, 0.29) is 6.61 Å². The summed E-state index contributed by atoms with van der Waals surface area (Å²) in [6.45, 7) is 2.50. The molecule has 0 aliphatic heterocycles. The highest BCUT2D eigenvalue weighted by Crippen LogP contribution is 2.29. The average molecular weight is 378 g/mol. The van der Waals surface area contributed by atoms with Gasteiger partial charge in [0, 0.05) is 6.08 Å². The van der Waals surface area contributed by atoms with Crippen molar-refractivity contribution in [2.24, 2.45) is 0 Å². The molecule has 0 bridgehead atoms. The fourth-order valence-corrected chi connectivity index (χ4v) is 2.48. The van der Waals surface area contributed by atoms with E-state index in [1.165, 1.54) is 12.1 Å². The molecule has 0 aliphatic rings. The van der Waals surface area contributed by atoms with Crippen LogP contribution >= 0.6 is 0 Å². The van der Waals surface area contributed by atoms with Crippen molar-refractivity contribution in [1.82, 2.24) is 0 Å². The van der Waals surface area contributed by atoms with E-state index >= 15 is 0 Å². The number of halogens is 3. The minimum atomic E-state index is -4.36. The van der Waals surface area contributed by atoms with Crippen LogP contribution in [-0.4, -0.2) is 19.2 Å². The lowest BCUT2D eigenvalue weighted by Gasteiger charge is -2.10. The Balaban J connectivity index is 1.90. The largest absolute Gasteiger partial charge is 0.463 e. The molecule has 0 heterocycles. The van der Waals surface area contributed by atoms with Crippen molar-refractivity contribution >= 4 is 12.0 Å². The smallest absolute Gasteiger partial charge is 0.416 e. The van der Waals surface area contributed by atoms with Crippen LogP contribution in [0, 0.1) is 0 Å². The predicted molar refractivity (Wildman–Crippen MR) is 96.9 cm³/mol. The SMILES string of the molecule is CCOC(=O)/C=C/c1ccccc1CCOCc1cccc(C(F)(F)F)c1. The van der Waals surface area contributed by atoms with Gasteiger partial charge < -0.3 is 9.47 Å². The Morgan fingerprint density at radius 2 is 1.89 bits per heavy atom. The van der Waals surface area contributed by atoms with Crippen LogP contribution in [0.15, 0.2) is 54.6 Å². The third kappa shape index (κ3) is 6.90. The highest BCUT2D eigenvalue weighted by atomic mass is 19.4. The summed E-state index contributed by atoms with van der Waals surface area (Å²) in [7, 11) is 0. The van der Waals surface area contributed by atoms with Crippen molar-refractivity contribution < 1.29 is 27.4 Å². The van der Waals surface area contributed by atoms with Gasteiger partial charge in [0.2, 0.25) is 0 Å². The maximum absolute atomic E-state index is 12.7. The Morgan fingerprint density at radius 3 is 2.63 bits per heavy atom. The second-order valence-electron chi connectivity index (χ2n) is 5.78. The maximum Gasteiger partial charge on any atom is 0.416 e. The zero-order chi connectivity index (χ0) is 19.7. The lowest BCUT2D eigenvalue weighted by atomic mass is 10.0. The molecule has 2 rings (SSSR count). The quantitative estimate of drug-likeness (QED) is 0.367. The van der Waals surface area contributed by atoms with E-state index in [9.17, 15) is 18.0 Å². The summed E-state index contributed by atoms with van der Waals surface area (Å²) in [6, 6.07) is 12.6. The molecule has 0 radical (unpaired) electrons. The standard InChI is InChI=1S/C21H21F3O3/c1-2-27-20(25)11-10-17-7-3-4-8-18(17)12-13-26-15-16-6-5-9-19(14-16)21(22,23)24/h3-11,14H,2,12-13,15H2,1H3/b11-10+. The molecule has 2 aromatic rings. The van der Waals surface area contributed by atoms with E-state index in [1.807, 2.05) is 24.3 Å². The number of alkyl halides is 3. The van der Waals surface area contributed by atoms with Crippen molar-refractivity contribution in [2.45, 2.75) is 26.1 Å². The van der Waals surface area contributed by atoms with Gasteiger partial charge in [-0.3, -0.25) is 0 Å². The number of benzene rings is 2. The van der Waals surface area contributed by atoms with Crippen molar-refractivity contribution in [1.29, 1.82) is 0 Å². The van der Waals surface area contributed by atoms with E-state index in [2.05, 4.69) is 0 Å². The number of carbonyl (C=O) groups is 1. The summed E-state index contributed by atoms with van der Waals surface area (Å²) in [5.41, 5.74) is 1.63. The average Bonchev–Trinajstić information content (AvgIpc) is 2.64. The summed E-state index contributed by atoms with van der Waals surface area (Å²) in [6.07, 6.45) is -0.742. The Bertz CT molecular complexity index is 782. The van der Waals surface area contributed by atoms with E-state index in [1.54, 1.807) is 19.1 Å². The van der Waals surface area contributed by atoms with Crippen LogP contribution in [0.5, 0.6) is 0 Å². The van der Waals surface area contributed by atoms with Crippen molar-refractivity contribution in [3.63, 3.8) is 0 Å². The predicted octanol–water partition coefficient (Wildman–Crippen LogP) is 5.04. The summed E-state index contributed by atoms with van der Waals surface area (Å²) < 4.78 is 48.5. The molecule has 0 saturated carbocycles. The summed E-state index contributed by atoms with van der Waals surface area (Å²) in [5.74, 6) is -0.409. The Morgan fingerprint density at radius 1 is 1.11 bits per heavy atom. The van der Waals surface area contributed by atoms with Crippen LogP contribution in [0.1, 0.15) is 29.2 Å². The van der Waals surface area contributed by atoms with E-state index in [4.69, 9.17) is 9.47 Å². The van der Waals surface area contributed by atoms with Gasteiger partial charge in [-0.2, -0.15) is 13.2 Å². The van der Waals surface area contributed by atoms with Crippen molar-refractivity contribution in [2.75, 3.05) is 13.2 Å². The molecule has 0 aliphatic carbocycles. The van der Waals surface area contributed by atoms with Crippen molar-refractivity contribution in [3.8, 4) is 0 Å². The zero-order valence-corrected chi connectivity index (χ0v) is 15.0. The van der Waals surface area contributed by atoms with E-state index in [0.29, 0.717) is 25.2 Å². The Hall–Kier alpha value is -2.60. The monoisotopic (exact) mass is 378 g/mol. The highest BCUT2D eigenvalue weighted by Gasteiger charge is 2.30. The van der Waals surface area contributed by atoms with Crippen LogP contribution in [0.25, 0.3) is 6.08 Å². The topological polar surface area (TPSA) is 35.5 Å².